The molecule has 1 aromatic carbocycles. The van der Waals surface area contributed by atoms with Crippen molar-refractivity contribution in [1.29, 1.82) is 0 Å². The molecule has 0 radical (unpaired) electrons. The Morgan fingerprint density at radius 2 is 1.78 bits per heavy atom. The molecule has 1 aromatic heterocycles. The molecule has 2 aromatic rings. The van der Waals surface area contributed by atoms with E-state index in [9.17, 15) is 8.78 Å². The fourth-order valence-corrected chi connectivity index (χ4v) is 1.69. The Kier molecular flexibility index (Phi) is 3.62. The van der Waals surface area contributed by atoms with Gasteiger partial charge in [0.25, 0.3) is 0 Å². The zero-order valence-corrected chi connectivity index (χ0v) is 10.1. The van der Waals surface area contributed by atoms with E-state index in [0.29, 0.717) is 11.4 Å². The maximum absolute atomic E-state index is 13.2. The van der Waals surface area contributed by atoms with Crippen molar-refractivity contribution in [1.82, 2.24) is 15.3 Å². The van der Waals surface area contributed by atoms with Crippen LogP contribution in [-0.2, 0) is 0 Å². The fraction of sp³-hybridized carbons (Fsp3) is 0.231. The maximum atomic E-state index is 13.2. The summed E-state index contributed by atoms with van der Waals surface area (Å²) >= 11 is 0. The van der Waals surface area contributed by atoms with Gasteiger partial charge < -0.3 is 5.32 Å². The summed E-state index contributed by atoms with van der Waals surface area (Å²) < 4.78 is 26.1. The minimum Gasteiger partial charge on any atom is -0.307 e. The molecule has 2 rings (SSSR count). The van der Waals surface area contributed by atoms with Crippen LogP contribution in [0.4, 0.5) is 8.78 Å². The van der Waals surface area contributed by atoms with Gasteiger partial charge in [0, 0.05) is 12.4 Å². The van der Waals surface area contributed by atoms with Gasteiger partial charge in [0.05, 0.1) is 6.04 Å². The molecule has 1 heterocycles. The lowest BCUT2D eigenvalue weighted by Crippen LogP contribution is -2.20. The average molecular weight is 249 g/mol. The summed E-state index contributed by atoms with van der Waals surface area (Å²) in [6.45, 7) is 1.88. The van der Waals surface area contributed by atoms with Gasteiger partial charge in [0.1, 0.15) is 5.82 Å². The number of aromatic nitrogens is 2. The molecule has 94 valence electrons. The summed E-state index contributed by atoms with van der Waals surface area (Å²) in [5.41, 5.74) is 1.53. The first-order valence-electron chi connectivity index (χ1n) is 5.52. The second-order valence-electron chi connectivity index (χ2n) is 4.01. The van der Waals surface area contributed by atoms with E-state index in [2.05, 4.69) is 15.3 Å². The molecule has 0 aliphatic heterocycles. The SMILES string of the molecule is CNC(c1ccc(F)c(F)c1)c1ncc(C)cn1. The first-order chi connectivity index (χ1) is 8.61. The Morgan fingerprint density at radius 1 is 1.11 bits per heavy atom. The highest BCUT2D eigenvalue weighted by atomic mass is 19.2. The number of nitrogens with zero attached hydrogens (tertiary/aromatic N) is 2. The van der Waals surface area contributed by atoms with Crippen LogP contribution in [-0.4, -0.2) is 17.0 Å². The molecule has 0 fully saturated rings. The van der Waals surface area contributed by atoms with Gasteiger partial charge in [-0.25, -0.2) is 18.7 Å². The normalized spacial score (nSPS) is 12.4. The molecule has 0 amide bonds. The monoisotopic (exact) mass is 249 g/mol. The zero-order valence-electron chi connectivity index (χ0n) is 10.1. The van der Waals surface area contributed by atoms with Gasteiger partial charge in [0.15, 0.2) is 11.6 Å². The van der Waals surface area contributed by atoms with Gasteiger partial charge in [-0.1, -0.05) is 6.07 Å². The van der Waals surface area contributed by atoms with Crippen LogP contribution in [0.25, 0.3) is 0 Å². The third-order valence-electron chi connectivity index (χ3n) is 2.62. The second-order valence-corrected chi connectivity index (χ2v) is 4.01. The topological polar surface area (TPSA) is 37.8 Å². The number of benzene rings is 1. The number of nitrogens with one attached hydrogen (secondary N) is 1. The Labute approximate surface area is 104 Å². The third-order valence-corrected chi connectivity index (χ3v) is 2.62. The van der Waals surface area contributed by atoms with E-state index >= 15 is 0 Å². The van der Waals surface area contributed by atoms with Crippen molar-refractivity contribution < 1.29 is 8.78 Å². The molecule has 0 saturated carbocycles. The Bertz CT molecular complexity index is 540. The van der Waals surface area contributed by atoms with Gasteiger partial charge >= 0.3 is 0 Å². The van der Waals surface area contributed by atoms with Crippen molar-refractivity contribution in [3.05, 3.63) is 59.2 Å². The molecule has 3 nitrogen and oxygen atoms in total. The van der Waals surface area contributed by atoms with E-state index in [1.165, 1.54) is 6.07 Å². The standard InChI is InChI=1S/C13H13F2N3/c1-8-6-17-13(18-7-8)12(16-2)9-3-4-10(14)11(15)5-9/h3-7,12,16H,1-2H3. The quantitative estimate of drug-likeness (QED) is 0.907. The first kappa shape index (κ1) is 12.6. The molecule has 18 heavy (non-hydrogen) atoms. The first-order valence-corrected chi connectivity index (χ1v) is 5.52. The number of hydrogen-bond acceptors (Lipinski definition) is 3. The van der Waals surface area contributed by atoms with Gasteiger partial charge in [-0.05, 0) is 37.2 Å². The minimum absolute atomic E-state index is 0.360. The Morgan fingerprint density at radius 3 is 2.33 bits per heavy atom. The van der Waals surface area contributed by atoms with E-state index in [0.717, 1.165) is 17.7 Å². The Hall–Kier alpha value is -1.88. The van der Waals surface area contributed by atoms with Crippen LogP contribution in [0, 0.1) is 18.6 Å². The van der Waals surface area contributed by atoms with Crippen molar-refractivity contribution in [2.45, 2.75) is 13.0 Å². The molecule has 1 atom stereocenters. The number of aryl methyl sites for hydroxylation is 1. The smallest absolute Gasteiger partial charge is 0.159 e. The van der Waals surface area contributed by atoms with Crippen LogP contribution in [0.15, 0.2) is 30.6 Å². The van der Waals surface area contributed by atoms with Crippen LogP contribution >= 0.6 is 0 Å². The fourth-order valence-electron chi connectivity index (χ4n) is 1.69. The largest absolute Gasteiger partial charge is 0.307 e. The lowest BCUT2D eigenvalue weighted by molar-refractivity contribution is 0.504. The van der Waals surface area contributed by atoms with E-state index in [1.807, 2.05) is 6.92 Å². The molecule has 5 heteroatoms. The maximum Gasteiger partial charge on any atom is 0.159 e. The number of rotatable bonds is 3. The predicted molar refractivity (Wildman–Crippen MR) is 64.0 cm³/mol. The average Bonchev–Trinajstić information content (AvgIpc) is 2.37. The summed E-state index contributed by atoms with van der Waals surface area (Å²) in [6.07, 6.45) is 3.37. The molecule has 1 N–H and O–H groups in total. The Balaban J connectivity index is 2.38. The summed E-state index contributed by atoms with van der Waals surface area (Å²) in [5.74, 6) is -1.22. The molecular weight excluding hydrogens is 236 g/mol. The highest BCUT2D eigenvalue weighted by molar-refractivity contribution is 5.26. The van der Waals surface area contributed by atoms with Crippen molar-refractivity contribution in [3.63, 3.8) is 0 Å². The van der Waals surface area contributed by atoms with Gasteiger partial charge in [-0.3, -0.25) is 0 Å². The zero-order chi connectivity index (χ0) is 13.1. The van der Waals surface area contributed by atoms with Gasteiger partial charge in [-0.2, -0.15) is 0 Å². The summed E-state index contributed by atoms with van der Waals surface area (Å²) in [6, 6.07) is 3.41. The summed E-state index contributed by atoms with van der Waals surface area (Å²) in [5, 5.41) is 2.99. The molecule has 0 aliphatic rings. The highest BCUT2D eigenvalue weighted by Gasteiger charge is 2.16. The number of hydrogen-bond donors (Lipinski definition) is 1. The van der Waals surface area contributed by atoms with E-state index in [1.54, 1.807) is 19.4 Å². The summed E-state index contributed by atoms with van der Waals surface area (Å²) in [7, 11) is 1.72. The van der Waals surface area contributed by atoms with Crippen LogP contribution in [0.2, 0.25) is 0 Å². The second kappa shape index (κ2) is 5.18. The van der Waals surface area contributed by atoms with Crippen molar-refractivity contribution in [3.8, 4) is 0 Å². The van der Waals surface area contributed by atoms with Crippen LogP contribution < -0.4 is 5.32 Å². The lowest BCUT2D eigenvalue weighted by Gasteiger charge is -2.15. The van der Waals surface area contributed by atoms with E-state index in [4.69, 9.17) is 0 Å². The lowest BCUT2D eigenvalue weighted by atomic mass is 10.1. The van der Waals surface area contributed by atoms with E-state index in [-0.39, 0.29) is 6.04 Å². The van der Waals surface area contributed by atoms with Gasteiger partial charge in [0.2, 0.25) is 0 Å². The molecule has 1 unspecified atom stereocenters. The van der Waals surface area contributed by atoms with E-state index < -0.39 is 11.6 Å². The predicted octanol–water partition coefficient (Wildman–Crippen LogP) is 2.37. The minimum atomic E-state index is -0.875. The molecule has 0 aliphatic carbocycles. The molecule has 0 spiro atoms. The van der Waals surface area contributed by atoms with Crippen LogP contribution in [0.1, 0.15) is 23.0 Å². The van der Waals surface area contributed by atoms with Crippen molar-refractivity contribution >= 4 is 0 Å². The molecule has 0 saturated heterocycles. The molecular formula is C13H13F2N3. The highest BCUT2D eigenvalue weighted by Crippen LogP contribution is 2.20. The van der Waals surface area contributed by atoms with Crippen molar-refractivity contribution in [2.75, 3.05) is 7.05 Å². The third kappa shape index (κ3) is 2.51. The van der Waals surface area contributed by atoms with Crippen molar-refractivity contribution in [2.24, 2.45) is 0 Å². The number of halogens is 2. The van der Waals surface area contributed by atoms with Gasteiger partial charge in [-0.15, -0.1) is 0 Å². The van der Waals surface area contributed by atoms with Crippen LogP contribution in [0.3, 0.4) is 0 Å². The molecule has 0 bridgehead atoms. The van der Waals surface area contributed by atoms with Crippen LogP contribution in [0.5, 0.6) is 0 Å². The summed E-state index contributed by atoms with van der Waals surface area (Å²) in [4.78, 5) is 8.38.